The molecule has 9 heteroatoms. The minimum Gasteiger partial charge on any atom is -0.491 e. The predicted molar refractivity (Wildman–Crippen MR) is 117 cm³/mol. The number of hydrogen-bond acceptors (Lipinski definition) is 6. The second-order valence-electron chi connectivity index (χ2n) is 7.34. The Morgan fingerprint density at radius 2 is 1.50 bits per heavy atom. The Bertz CT molecular complexity index is 1110. The molecule has 0 aliphatic heterocycles. The van der Waals surface area contributed by atoms with Crippen molar-refractivity contribution >= 4 is 23.1 Å². The van der Waals surface area contributed by atoms with E-state index in [9.17, 15) is 13.2 Å². The lowest BCUT2D eigenvalue weighted by Gasteiger charge is -2.25. The first-order valence-corrected chi connectivity index (χ1v) is 9.78. The van der Waals surface area contributed by atoms with Gasteiger partial charge in [-0.2, -0.15) is 23.4 Å². The highest BCUT2D eigenvalue weighted by atomic mass is 19.4. The first-order valence-electron chi connectivity index (χ1n) is 9.78. The van der Waals surface area contributed by atoms with Crippen molar-refractivity contribution in [3.63, 3.8) is 0 Å². The van der Waals surface area contributed by atoms with Crippen molar-refractivity contribution in [1.82, 2.24) is 9.97 Å². The van der Waals surface area contributed by atoms with Gasteiger partial charge in [0, 0.05) is 31.7 Å². The highest BCUT2D eigenvalue weighted by Crippen LogP contribution is 2.38. The van der Waals surface area contributed by atoms with Gasteiger partial charge in [-0.15, -0.1) is 0 Å². The quantitative estimate of drug-likeness (QED) is 0.490. The van der Waals surface area contributed by atoms with Gasteiger partial charge in [0.25, 0.3) is 0 Å². The van der Waals surface area contributed by atoms with Crippen LogP contribution in [0.2, 0.25) is 0 Å². The molecule has 6 nitrogen and oxygen atoms in total. The van der Waals surface area contributed by atoms with Gasteiger partial charge in [0.2, 0.25) is 5.95 Å². The van der Waals surface area contributed by atoms with Crippen LogP contribution in [0, 0.1) is 11.3 Å². The topological polar surface area (TPSA) is 65.3 Å². The highest BCUT2D eigenvalue weighted by Gasteiger charge is 2.37. The molecular weight excluding hydrogens is 419 g/mol. The van der Waals surface area contributed by atoms with E-state index in [0.717, 1.165) is 6.20 Å². The molecule has 0 saturated heterocycles. The average Bonchev–Trinajstić information content (AvgIpc) is 2.77. The molecule has 0 radical (unpaired) electrons. The van der Waals surface area contributed by atoms with E-state index in [-0.39, 0.29) is 17.9 Å². The molecule has 32 heavy (non-hydrogen) atoms. The minimum absolute atomic E-state index is 0.0161. The Hall–Kier alpha value is -3.80. The average molecular weight is 441 g/mol. The molecule has 0 unspecified atom stereocenters. The number of anilines is 4. The van der Waals surface area contributed by atoms with Gasteiger partial charge in [-0.25, -0.2) is 4.98 Å². The van der Waals surface area contributed by atoms with Crippen molar-refractivity contribution in [1.29, 1.82) is 5.26 Å². The van der Waals surface area contributed by atoms with Crippen molar-refractivity contribution < 1.29 is 17.9 Å². The van der Waals surface area contributed by atoms with Crippen molar-refractivity contribution in [2.24, 2.45) is 0 Å². The molecule has 2 aromatic carbocycles. The lowest BCUT2D eigenvalue weighted by Crippen LogP contribution is -2.21. The van der Waals surface area contributed by atoms with E-state index in [2.05, 4.69) is 9.97 Å². The second kappa shape index (κ2) is 9.14. The van der Waals surface area contributed by atoms with Crippen LogP contribution in [0.5, 0.6) is 5.75 Å². The molecule has 0 saturated carbocycles. The van der Waals surface area contributed by atoms with E-state index >= 15 is 0 Å². The Labute approximate surface area is 184 Å². The fourth-order valence-corrected chi connectivity index (χ4v) is 3.00. The number of ether oxygens (including phenoxy) is 1. The van der Waals surface area contributed by atoms with Crippen LogP contribution in [-0.4, -0.2) is 30.2 Å². The largest absolute Gasteiger partial charge is 0.491 e. The van der Waals surface area contributed by atoms with Crippen molar-refractivity contribution in [2.45, 2.75) is 26.1 Å². The fraction of sp³-hybridized carbons (Fsp3) is 0.261. The Morgan fingerprint density at radius 3 is 2.03 bits per heavy atom. The van der Waals surface area contributed by atoms with Gasteiger partial charge < -0.3 is 14.5 Å². The zero-order chi connectivity index (χ0) is 23.5. The van der Waals surface area contributed by atoms with Gasteiger partial charge in [-0.1, -0.05) is 0 Å². The van der Waals surface area contributed by atoms with Crippen molar-refractivity contribution in [3.8, 4) is 11.8 Å². The number of nitriles is 1. The fourth-order valence-electron chi connectivity index (χ4n) is 3.00. The number of benzene rings is 2. The molecule has 3 aromatic rings. The van der Waals surface area contributed by atoms with E-state index in [4.69, 9.17) is 10.00 Å². The van der Waals surface area contributed by atoms with Crippen LogP contribution in [0.15, 0.2) is 54.7 Å². The van der Waals surface area contributed by atoms with Crippen LogP contribution >= 0.6 is 0 Å². The molecule has 0 aliphatic rings. The van der Waals surface area contributed by atoms with Gasteiger partial charge in [-0.3, -0.25) is 0 Å². The van der Waals surface area contributed by atoms with Gasteiger partial charge in [0.15, 0.2) is 5.82 Å². The van der Waals surface area contributed by atoms with E-state index in [1.807, 2.05) is 19.9 Å². The van der Waals surface area contributed by atoms with Crippen LogP contribution in [-0.2, 0) is 6.18 Å². The number of halogens is 3. The van der Waals surface area contributed by atoms with Gasteiger partial charge >= 0.3 is 6.18 Å². The molecule has 1 heterocycles. The van der Waals surface area contributed by atoms with E-state index in [1.165, 1.54) is 11.9 Å². The zero-order valence-electron chi connectivity index (χ0n) is 18.1. The molecule has 0 amide bonds. The summed E-state index contributed by atoms with van der Waals surface area (Å²) in [7, 11) is 3.16. The van der Waals surface area contributed by atoms with Crippen molar-refractivity contribution in [3.05, 3.63) is 65.9 Å². The Morgan fingerprint density at radius 1 is 0.938 bits per heavy atom. The second-order valence-corrected chi connectivity index (χ2v) is 7.34. The molecule has 3 rings (SSSR count). The molecule has 0 bridgehead atoms. The summed E-state index contributed by atoms with van der Waals surface area (Å²) in [6.45, 7) is 3.78. The van der Waals surface area contributed by atoms with E-state index in [1.54, 1.807) is 60.5 Å². The summed E-state index contributed by atoms with van der Waals surface area (Å²) in [4.78, 5) is 11.1. The molecular formula is C23H22F3N5O. The van der Waals surface area contributed by atoms with Crippen LogP contribution in [0.3, 0.4) is 0 Å². The standard InChI is InChI=1S/C23H22F3N5O/c1-15(2)32-19-11-9-17(10-12-19)30(3)21-20(23(24,25)26)14-28-22(29-21)31(4)18-7-5-16(13-27)6-8-18/h5-12,14-15H,1-4H3. The lowest BCUT2D eigenvalue weighted by molar-refractivity contribution is -0.137. The minimum atomic E-state index is -4.63. The maximum atomic E-state index is 13.7. The third-order valence-electron chi connectivity index (χ3n) is 4.66. The van der Waals surface area contributed by atoms with Crippen LogP contribution in [0.4, 0.5) is 36.3 Å². The summed E-state index contributed by atoms with van der Waals surface area (Å²) >= 11 is 0. The first kappa shape index (κ1) is 22.9. The molecule has 0 N–H and O–H groups in total. The zero-order valence-corrected chi connectivity index (χ0v) is 18.1. The van der Waals surface area contributed by atoms with Gasteiger partial charge in [-0.05, 0) is 62.4 Å². The van der Waals surface area contributed by atoms with Crippen LogP contribution < -0.4 is 14.5 Å². The maximum Gasteiger partial charge on any atom is 0.421 e. The van der Waals surface area contributed by atoms with E-state index in [0.29, 0.717) is 22.7 Å². The molecule has 166 valence electrons. The lowest BCUT2D eigenvalue weighted by atomic mass is 10.2. The molecule has 0 aliphatic carbocycles. The molecule has 0 fully saturated rings. The molecule has 0 atom stereocenters. The summed E-state index contributed by atoms with van der Waals surface area (Å²) in [6, 6.07) is 15.3. The summed E-state index contributed by atoms with van der Waals surface area (Å²) in [5, 5.41) is 8.95. The van der Waals surface area contributed by atoms with Gasteiger partial charge in [0.1, 0.15) is 11.3 Å². The number of alkyl halides is 3. The summed E-state index contributed by atoms with van der Waals surface area (Å²) in [5.74, 6) is 0.432. The number of nitrogens with zero attached hydrogens (tertiary/aromatic N) is 5. The third kappa shape index (κ3) is 5.09. The normalized spacial score (nSPS) is 11.2. The molecule has 0 spiro atoms. The first-order chi connectivity index (χ1) is 15.1. The number of aromatic nitrogens is 2. The van der Waals surface area contributed by atoms with Crippen molar-refractivity contribution in [2.75, 3.05) is 23.9 Å². The molecule has 1 aromatic heterocycles. The summed E-state index contributed by atoms with van der Waals surface area (Å²) < 4.78 is 46.7. The van der Waals surface area contributed by atoms with Gasteiger partial charge in [0.05, 0.1) is 17.7 Å². The smallest absolute Gasteiger partial charge is 0.421 e. The summed E-state index contributed by atoms with van der Waals surface area (Å²) in [6.07, 6.45) is -3.86. The van der Waals surface area contributed by atoms with Crippen LogP contribution in [0.25, 0.3) is 0 Å². The SMILES string of the molecule is CC(C)Oc1ccc(N(C)c2nc(N(C)c3ccc(C#N)cc3)ncc2C(F)(F)F)cc1. The Balaban J connectivity index is 1.99. The predicted octanol–water partition coefficient (Wildman–Crippen LogP) is 5.69. The highest BCUT2D eigenvalue weighted by molar-refractivity contribution is 5.66. The number of hydrogen-bond donors (Lipinski definition) is 0. The Kier molecular flexibility index (Phi) is 6.53. The number of rotatable bonds is 6. The van der Waals surface area contributed by atoms with E-state index < -0.39 is 11.7 Å². The third-order valence-corrected chi connectivity index (χ3v) is 4.66. The monoisotopic (exact) mass is 441 g/mol. The maximum absolute atomic E-state index is 13.7. The van der Waals surface area contributed by atoms with Crippen LogP contribution in [0.1, 0.15) is 25.0 Å². The summed E-state index contributed by atoms with van der Waals surface area (Å²) in [5.41, 5.74) is 0.671.